The van der Waals surface area contributed by atoms with E-state index >= 15 is 0 Å². The maximum Gasteiger partial charge on any atom is 0.189 e. The van der Waals surface area contributed by atoms with Crippen LogP contribution in [0, 0.1) is 17.9 Å². The van der Waals surface area contributed by atoms with Crippen molar-refractivity contribution in [2.24, 2.45) is 0 Å². The molecule has 0 radical (unpaired) electrons. The summed E-state index contributed by atoms with van der Waals surface area (Å²) in [7, 11) is 0. The van der Waals surface area contributed by atoms with Crippen molar-refractivity contribution in [1.29, 1.82) is 5.26 Å². The van der Waals surface area contributed by atoms with Crippen LogP contribution in [0.3, 0.4) is 0 Å². The van der Waals surface area contributed by atoms with Crippen LogP contribution in [0.4, 0.5) is 5.69 Å². The average Bonchev–Trinajstić information content (AvgIpc) is 3.75. The van der Waals surface area contributed by atoms with Gasteiger partial charge in [-0.3, -0.25) is 0 Å². The Morgan fingerprint density at radius 1 is 0.407 bits per heavy atom. The lowest BCUT2D eigenvalue weighted by atomic mass is 9.98. The second kappa shape index (κ2) is 12.5. The van der Waals surface area contributed by atoms with Crippen molar-refractivity contribution in [3.63, 3.8) is 0 Å². The molecule has 0 aliphatic rings. The third-order valence-corrected chi connectivity index (χ3v) is 10.6. The molecule has 250 valence electrons. The van der Waals surface area contributed by atoms with Crippen molar-refractivity contribution < 1.29 is 0 Å². The van der Waals surface area contributed by atoms with E-state index in [2.05, 4.69) is 178 Å². The van der Waals surface area contributed by atoms with Crippen LogP contribution in [0.2, 0.25) is 0 Å². The highest BCUT2D eigenvalue weighted by molar-refractivity contribution is 6.14. The van der Waals surface area contributed by atoms with E-state index in [4.69, 9.17) is 6.57 Å². The van der Waals surface area contributed by atoms with Gasteiger partial charge in [-0.1, -0.05) is 115 Å². The van der Waals surface area contributed by atoms with E-state index < -0.39 is 0 Å². The molecule has 10 aromatic rings. The van der Waals surface area contributed by atoms with E-state index in [1.165, 1.54) is 21.9 Å². The lowest BCUT2D eigenvalue weighted by Crippen LogP contribution is -1.97. The van der Waals surface area contributed by atoms with E-state index in [0.29, 0.717) is 16.9 Å². The van der Waals surface area contributed by atoms with Crippen molar-refractivity contribution in [2.45, 2.75) is 0 Å². The van der Waals surface area contributed by atoms with Gasteiger partial charge in [0, 0.05) is 27.2 Å². The molecule has 0 amide bonds. The van der Waals surface area contributed by atoms with Crippen LogP contribution < -0.4 is 0 Å². The van der Waals surface area contributed by atoms with Gasteiger partial charge in [0.05, 0.1) is 39.9 Å². The number of rotatable bonds is 5. The Morgan fingerprint density at radius 3 is 1.24 bits per heavy atom. The molecule has 54 heavy (non-hydrogen) atoms. The summed E-state index contributed by atoms with van der Waals surface area (Å²) in [6.07, 6.45) is 0. The van der Waals surface area contributed by atoms with Crippen LogP contribution in [0.15, 0.2) is 182 Å². The number of para-hydroxylation sites is 1. The molecular formula is C50H30N4. The molecule has 4 nitrogen and oxygen atoms in total. The van der Waals surface area contributed by atoms with Gasteiger partial charge in [0.1, 0.15) is 6.07 Å². The molecule has 0 spiro atoms. The number of hydrogen-bond acceptors (Lipinski definition) is 1. The van der Waals surface area contributed by atoms with E-state index in [1.807, 2.05) is 12.1 Å². The zero-order valence-corrected chi connectivity index (χ0v) is 29.1. The standard InChI is InChI=1S/C50H30N4/c1-52-40-22-17-39(32-51)50(31-40)54-48-25-19-36(34-13-7-3-8-14-34)28-44(48)45-30-38(21-26-49(45)54)37-20-24-47-43(29-37)42-27-35(33-11-5-2-6-12-33)18-23-46(42)53(47)41-15-9-4-10-16-41/h2-31H. The summed E-state index contributed by atoms with van der Waals surface area (Å²) in [6, 6.07) is 65.9. The van der Waals surface area contributed by atoms with E-state index in [9.17, 15) is 5.26 Å². The summed E-state index contributed by atoms with van der Waals surface area (Å²) >= 11 is 0. The number of nitrogens with zero attached hydrogens (tertiary/aromatic N) is 4. The third kappa shape index (κ3) is 4.98. The average molecular weight is 687 g/mol. The quantitative estimate of drug-likeness (QED) is 0.166. The number of aromatic nitrogens is 2. The molecule has 0 atom stereocenters. The van der Waals surface area contributed by atoms with Gasteiger partial charge in [-0.15, -0.1) is 0 Å². The molecule has 0 unspecified atom stereocenters. The molecule has 0 saturated carbocycles. The smallest absolute Gasteiger partial charge is 0.189 e. The van der Waals surface area contributed by atoms with Gasteiger partial charge in [-0.25, -0.2) is 4.85 Å². The number of fused-ring (bicyclic) bond motifs is 6. The highest BCUT2D eigenvalue weighted by atomic mass is 15.0. The summed E-state index contributed by atoms with van der Waals surface area (Å²) in [5, 5.41) is 14.7. The summed E-state index contributed by atoms with van der Waals surface area (Å²) < 4.78 is 4.49. The highest BCUT2D eigenvalue weighted by Gasteiger charge is 2.19. The minimum Gasteiger partial charge on any atom is -0.309 e. The van der Waals surface area contributed by atoms with Crippen molar-refractivity contribution >= 4 is 49.3 Å². The molecule has 0 N–H and O–H groups in total. The van der Waals surface area contributed by atoms with Crippen LogP contribution in [-0.4, -0.2) is 9.13 Å². The first-order chi connectivity index (χ1) is 26.7. The van der Waals surface area contributed by atoms with Crippen LogP contribution in [0.1, 0.15) is 5.56 Å². The molecule has 2 heterocycles. The molecule has 0 aliphatic heterocycles. The molecule has 2 aromatic heterocycles. The third-order valence-electron chi connectivity index (χ3n) is 10.6. The molecule has 0 saturated heterocycles. The first-order valence-corrected chi connectivity index (χ1v) is 17.9. The Hall–Kier alpha value is -7.66. The van der Waals surface area contributed by atoms with E-state index in [1.54, 1.807) is 12.1 Å². The molecule has 0 fully saturated rings. The number of benzene rings is 8. The second-order valence-electron chi connectivity index (χ2n) is 13.6. The number of hydrogen-bond donors (Lipinski definition) is 0. The largest absolute Gasteiger partial charge is 0.309 e. The van der Waals surface area contributed by atoms with Crippen LogP contribution in [0.5, 0.6) is 0 Å². The Morgan fingerprint density at radius 2 is 0.815 bits per heavy atom. The fraction of sp³-hybridized carbons (Fsp3) is 0. The van der Waals surface area contributed by atoms with Gasteiger partial charge >= 0.3 is 0 Å². The van der Waals surface area contributed by atoms with Crippen LogP contribution in [0.25, 0.3) is 93.2 Å². The fourth-order valence-corrected chi connectivity index (χ4v) is 8.01. The van der Waals surface area contributed by atoms with Gasteiger partial charge in [0.25, 0.3) is 0 Å². The maximum absolute atomic E-state index is 10.2. The van der Waals surface area contributed by atoms with Gasteiger partial charge in [0.2, 0.25) is 0 Å². The summed E-state index contributed by atoms with van der Waals surface area (Å²) in [5.74, 6) is 0. The van der Waals surface area contributed by atoms with E-state index in [0.717, 1.165) is 60.8 Å². The van der Waals surface area contributed by atoms with Crippen molar-refractivity contribution in [3.8, 4) is 50.8 Å². The van der Waals surface area contributed by atoms with Crippen LogP contribution >= 0.6 is 0 Å². The summed E-state index contributed by atoms with van der Waals surface area (Å²) in [4.78, 5) is 3.70. The zero-order valence-electron chi connectivity index (χ0n) is 29.1. The minimum atomic E-state index is 0.495. The van der Waals surface area contributed by atoms with Gasteiger partial charge < -0.3 is 9.13 Å². The molecule has 10 rings (SSSR count). The second-order valence-corrected chi connectivity index (χ2v) is 13.6. The fourth-order valence-electron chi connectivity index (χ4n) is 8.01. The van der Waals surface area contributed by atoms with Crippen molar-refractivity contribution in [2.75, 3.05) is 0 Å². The molecule has 4 heteroatoms. The Bertz CT molecular complexity index is 3160. The monoisotopic (exact) mass is 686 g/mol. The predicted octanol–water partition coefficient (Wildman–Crippen LogP) is 13.3. The van der Waals surface area contributed by atoms with Gasteiger partial charge in [-0.2, -0.15) is 5.26 Å². The Labute approximate surface area is 312 Å². The summed E-state index contributed by atoms with van der Waals surface area (Å²) in [5.41, 5.74) is 14.0. The molecular weight excluding hydrogens is 657 g/mol. The molecule has 0 bridgehead atoms. The first kappa shape index (κ1) is 31.1. The zero-order chi connectivity index (χ0) is 36.2. The van der Waals surface area contributed by atoms with Gasteiger partial charge in [0.15, 0.2) is 5.69 Å². The highest BCUT2D eigenvalue weighted by Crippen LogP contribution is 2.41. The minimum absolute atomic E-state index is 0.495. The SMILES string of the molecule is [C-]#[N+]c1ccc(C#N)c(-n2c3ccc(-c4ccccc4)cc3c3cc(-c4ccc5c(c4)c4cc(-c6ccccc6)ccc4n5-c4ccccc4)ccc32)c1. The molecule has 8 aromatic carbocycles. The Kier molecular flexibility index (Phi) is 7.22. The van der Waals surface area contributed by atoms with Gasteiger partial charge in [-0.05, 0) is 100 Å². The lowest BCUT2D eigenvalue weighted by molar-refractivity contribution is 1.17. The first-order valence-electron chi connectivity index (χ1n) is 17.9. The lowest BCUT2D eigenvalue weighted by Gasteiger charge is -2.11. The number of nitriles is 1. The maximum atomic E-state index is 10.2. The van der Waals surface area contributed by atoms with Crippen molar-refractivity contribution in [3.05, 3.63) is 199 Å². The Balaban J connectivity index is 1.22. The topological polar surface area (TPSA) is 38.0 Å². The normalized spacial score (nSPS) is 11.3. The van der Waals surface area contributed by atoms with E-state index in [-0.39, 0.29) is 0 Å². The van der Waals surface area contributed by atoms with Crippen molar-refractivity contribution in [1.82, 2.24) is 9.13 Å². The predicted molar refractivity (Wildman–Crippen MR) is 222 cm³/mol. The molecule has 0 aliphatic carbocycles. The summed E-state index contributed by atoms with van der Waals surface area (Å²) in [6.45, 7) is 7.71. The van der Waals surface area contributed by atoms with Crippen LogP contribution in [-0.2, 0) is 0 Å².